The van der Waals surface area contributed by atoms with Crippen LogP contribution in [0, 0.1) is 23.2 Å². The molecule has 0 aliphatic heterocycles. The predicted octanol–water partition coefficient (Wildman–Crippen LogP) is 3.41. The summed E-state index contributed by atoms with van der Waals surface area (Å²) in [7, 11) is 0. The number of aromatic nitrogens is 1. The van der Waals surface area contributed by atoms with Crippen molar-refractivity contribution in [2.75, 3.05) is 6.54 Å². The molecule has 1 aromatic heterocycles. The Morgan fingerprint density at radius 3 is 2.48 bits per heavy atom. The predicted molar refractivity (Wildman–Crippen MR) is 84.0 cm³/mol. The van der Waals surface area contributed by atoms with E-state index in [-0.39, 0.29) is 5.91 Å². The number of hydrogen-bond acceptors (Lipinski definition) is 3. The Morgan fingerprint density at radius 1 is 1.24 bits per heavy atom. The van der Waals surface area contributed by atoms with Crippen molar-refractivity contribution in [2.45, 2.75) is 51.4 Å². The van der Waals surface area contributed by atoms with Gasteiger partial charge in [-0.05, 0) is 61.7 Å². The summed E-state index contributed by atoms with van der Waals surface area (Å²) in [4.78, 5) is 16.6. The Kier molecular flexibility index (Phi) is 3.52. The minimum atomic E-state index is 0.271. The molecule has 3 nitrogen and oxygen atoms in total. The largest absolute Gasteiger partial charge is 0.356 e. The SMILES string of the molecule is O=C(CC12CC3CC(CC(C3)C1)C2)NCCc1cscn1. The van der Waals surface area contributed by atoms with E-state index >= 15 is 0 Å². The first-order chi connectivity index (χ1) is 10.2. The van der Waals surface area contributed by atoms with Gasteiger partial charge in [-0.25, -0.2) is 4.98 Å². The van der Waals surface area contributed by atoms with Gasteiger partial charge in [-0.3, -0.25) is 4.79 Å². The van der Waals surface area contributed by atoms with Crippen LogP contribution in [-0.2, 0) is 11.2 Å². The van der Waals surface area contributed by atoms with Crippen LogP contribution in [0.25, 0.3) is 0 Å². The molecule has 1 amide bonds. The first-order valence-electron chi connectivity index (χ1n) is 8.35. The molecular formula is C17H24N2OS. The topological polar surface area (TPSA) is 42.0 Å². The van der Waals surface area contributed by atoms with Crippen LogP contribution in [0.2, 0.25) is 0 Å². The number of nitrogens with zero attached hydrogens (tertiary/aromatic N) is 1. The Balaban J connectivity index is 1.30. The van der Waals surface area contributed by atoms with E-state index in [9.17, 15) is 4.79 Å². The van der Waals surface area contributed by atoms with Gasteiger partial charge in [0.2, 0.25) is 5.91 Å². The lowest BCUT2D eigenvalue weighted by molar-refractivity contribution is -0.129. The summed E-state index contributed by atoms with van der Waals surface area (Å²) >= 11 is 1.62. The van der Waals surface area contributed by atoms with Gasteiger partial charge in [0.15, 0.2) is 0 Å². The van der Waals surface area contributed by atoms with Gasteiger partial charge < -0.3 is 5.32 Å². The Morgan fingerprint density at radius 2 is 1.90 bits per heavy atom. The van der Waals surface area contributed by atoms with Crippen LogP contribution < -0.4 is 5.32 Å². The van der Waals surface area contributed by atoms with E-state index in [0.29, 0.717) is 5.41 Å². The standard InChI is InChI=1S/C17H24N2OS/c20-16(18-2-1-15-10-21-11-19-15)9-17-6-12-3-13(7-17)5-14(4-12)8-17/h10-14H,1-9H2,(H,18,20). The molecule has 1 heterocycles. The molecule has 1 N–H and O–H groups in total. The molecule has 0 aromatic carbocycles. The van der Waals surface area contributed by atoms with Gasteiger partial charge in [-0.1, -0.05) is 0 Å². The monoisotopic (exact) mass is 304 g/mol. The second-order valence-corrected chi connectivity index (χ2v) is 8.39. The van der Waals surface area contributed by atoms with Crippen LogP contribution in [0.1, 0.15) is 50.6 Å². The zero-order valence-electron chi connectivity index (χ0n) is 12.5. The van der Waals surface area contributed by atoms with Crippen molar-refractivity contribution in [3.8, 4) is 0 Å². The van der Waals surface area contributed by atoms with Crippen molar-refractivity contribution in [1.29, 1.82) is 0 Å². The number of amides is 1. The molecule has 21 heavy (non-hydrogen) atoms. The molecule has 5 rings (SSSR count). The smallest absolute Gasteiger partial charge is 0.220 e. The van der Waals surface area contributed by atoms with Gasteiger partial charge in [0.05, 0.1) is 11.2 Å². The molecule has 4 bridgehead atoms. The van der Waals surface area contributed by atoms with Gasteiger partial charge in [0, 0.05) is 24.8 Å². The minimum absolute atomic E-state index is 0.271. The zero-order valence-corrected chi connectivity index (χ0v) is 13.3. The Hall–Kier alpha value is -0.900. The quantitative estimate of drug-likeness (QED) is 0.906. The third-order valence-corrected chi connectivity index (χ3v) is 6.52. The van der Waals surface area contributed by atoms with E-state index in [1.807, 2.05) is 5.51 Å². The first-order valence-corrected chi connectivity index (χ1v) is 9.29. The third-order valence-electron chi connectivity index (χ3n) is 5.89. The second-order valence-electron chi connectivity index (χ2n) is 7.67. The second kappa shape index (κ2) is 5.38. The molecule has 0 atom stereocenters. The molecule has 114 valence electrons. The highest BCUT2D eigenvalue weighted by Crippen LogP contribution is 2.61. The molecule has 1 aromatic rings. The number of rotatable bonds is 5. The van der Waals surface area contributed by atoms with E-state index in [1.165, 1.54) is 38.5 Å². The summed E-state index contributed by atoms with van der Waals surface area (Å²) in [6.45, 7) is 0.731. The highest BCUT2D eigenvalue weighted by molar-refractivity contribution is 7.07. The lowest BCUT2D eigenvalue weighted by Gasteiger charge is -2.56. The van der Waals surface area contributed by atoms with Gasteiger partial charge in [0.1, 0.15) is 0 Å². The van der Waals surface area contributed by atoms with Gasteiger partial charge >= 0.3 is 0 Å². The molecule has 4 heteroatoms. The molecule has 4 aliphatic carbocycles. The average Bonchev–Trinajstić information content (AvgIpc) is 2.89. The van der Waals surface area contributed by atoms with Crippen LogP contribution in [0.3, 0.4) is 0 Å². The lowest BCUT2D eigenvalue weighted by Crippen LogP contribution is -2.48. The molecule has 4 saturated carbocycles. The van der Waals surface area contributed by atoms with Crippen molar-refractivity contribution < 1.29 is 4.79 Å². The summed E-state index contributed by atoms with van der Waals surface area (Å²) < 4.78 is 0. The van der Waals surface area contributed by atoms with Crippen LogP contribution >= 0.6 is 11.3 Å². The molecule has 4 fully saturated rings. The molecular weight excluding hydrogens is 280 g/mol. The van der Waals surface area contributed by atoms with Crippen LogP contribution in [0.4, 0.5) is 0 Å². The highest BCUT2D eigenvalue weighted by Gasteiger charge is 2.51. The van der Waals surface area contributed by atoms with E-state index in [2.05, 4.69) is 15.7 Å². The molecule has 0 spiro atoms. The van der Waals surface area contributed by atoms with Crippen LogP contribution in [0.15, 0.2) is 10.9 Å². The zero-order chi connectivity index (χ0) is 14.3. The van der Waals surface area contributed by atoms with Crippen molar-refractivity contribution in [2.24, 2.45) is 23.2 Å². The number of carbonyl (C=O) groups excluding carboxylic acids is 1. The Labute approximate surface area is 130 Å². The first kappa shape index (κ1) is 13.7. The summed E-state index contributed by atoms with van der Waals surface area (Å²) in [6, 6.07) is 0. The van der Waals surface area contributed by atoms with Crippen LogP contribution in [0.5, 0.6) is 0 Å². The van der Waals surface area contributed by atoms with E-state index in [1.54, 1.807) is 11.3 Å². The van der Waals surface area contributed by atoms with Gasteiger partial charge in [0.25, 0.3) is 0 Å². The van der Waals surface area contributed by atoms with Crippen molar-refractivity contribution in [3.63, 3.8) is 0 Å². The maximum atomic E-state index is 12.3. The van der Waals surface area contributed by atoms with Gasteiger partial charge in [-0.2, -0.15) is 0 Å². The van der Waals surface area contributed by atoms with Crippen molar-refractivity contribution >= 4 is 17.2 Å². The number of carbonyl (C=O) groups is 1. The average molecular weight is 304 g/mol. The number of hydrogen-bond donors (Lipinski definition) is 1. The van der Waals surface area contributed by atoms with Crippen LogP contribution in [-0.4, -0.2) is 17.4 Å². The van der Waals surface area contributed by atoms with Crippen molar-refractivity contribution in [1.82, 2.24) is 10.3 Å². The summed E-state index contributed by atoms with van der Waals surface area (Å²) in [6.07, 6.45) is 9.93. The molecule has 0 radical (unpaired) electrons. The van der Waals surface area contributed by atoms with Gasteiger partial charge in [-0.15, -0.1) is 11.3 Å². The molecule has 0 saturated heterocycles. The van der Waals surface area contributed by atoms with E-state index < -0.39 is 0 Å². The minimum Gasteiger partial charge on any atom is -0.356 e. The highest BCUT2D eigenvalue weighted by atomic mass is 32.1. The third kappa shape index (κ3) is 2.87. The number of nitrogens with one attached hydrogen (secondary N) is 1. The summed E-state index contributed by atoms with van der Waals surface area (Å²) in [5, 5.41) is 5.18. The fourth-order valence-electron chi connectivity index (χ4n) is 5.60. The Bertz CT molecular complexity index is 476. The number of thiazole rings is 1. The normalized spacial score (nSPS) is 36.9. The fraction of sp³-hybridized carbons (Fsp3) is 0.765. The van der Waals surface area contributed by atoms with E-state index in [4.69, 9.17) is 0 Å². The fourth-order valence-corrected chi connectivity index (χ4v) is 6.19. The molecule has 4 aliphatic rings. The maximum Gasteiger partial charge on any atom is 0.220 e. The summed E-state index contributed by atoms with van der Waals surface area (Å²) in [5.41, 5.74) is 3.31. The molecule has 0 unspecified atom stereocenters. The lowest BCUT2D eigenvalue weighted by atomic mass is 9.49. The van der Waals surface area contributed by atoms with Crippen molar-refractivity contribution in [3.05, 3.63) is 16.6 Å². The summed E-state index contributed by atoms with van der Waals surface area (Å²) in [5.74, 6) is 3.06. The van der Waals surface area contributed by atoms with E-state index in [0.717, 1.165) is 42.8 Å². The maximum absolute atomic E-state index is 12.3.